The van der Waals surface area contributed by atoms with Gasteiger partial charge in [-0.3, -0.25) is 14.6 Å². The fourth-order valence-electron chi connectivity index (χ4n) is 1.75. The van der Waals surface area contributed by atoms with Crippen molar-refractivity contribution in [1.29, 1.82) is 0 Å². The lowest BCUT2D eigenvalue weighted by Gasteiger charge is -2.05. The molecule has 0 spiro atoms. The van der Waals surface area contributed by atoms with Crippen molar-refractivity contribution in [3.63, 3.8) is 0 Å². The Bertz CT molecular complexity index is 811. The van der Waals surface area contributed by atoms with E-state index >= 15 is 0 Å². The van der Waals surface area contributed by atoms with Gasteiger partial charge in [-0.1, -0.05) is 0 Å². The van der Waals surface area contributed by atoms with E-state index in [0.29, 0.717) is 11.4 Å². The van der Waals surface area contributed by atoms with Crippen molar-refractivity contribution in [2.24, 2.45) is 10.2 Å². The van der Waals surface area contributed by atoms with Gasteiger partial charge in [0.15, 0.2) is 11.5 Å². The predicted molar refractivity (Wildman–Crippen MR) is 83.3 cm³/mol. The number of aryl methyl sites for hydroxylation is 1. The van der Waals surface area contributed by atoms with Crippen molar-refractivity contribution in [2.75, 3.05) is 16.8 Å². The Kier molecular flexibility index (Phi) is 4.16. The number of aromatic nitrogens is 2. The van der Waals surface area contributed by atoms with Crippen LogP contribution in [-0.4, -0.2) is 15.9 Å². The number of benzene rings is 1. The van der Waals surface area contributed by atoms with E-state index in [0.717, 1.165) is 5.56 Å². The summed E-state index contributed by atoms with van der Waals surface area (Å²) in [7, 11) is 0. The van der Waals surface area contributed by atoms with E-state index in [1.165, 1.54) is 6.92 Å². The number of carbonyl (C=O) groups is 1. The van der Waals surface area contributed by atoms with E-state index in [1.807, 2.05) is 0 Å². The molecule has 0 saturated carbocycles. The number of amides is 1. The summed E-state index contributed by atoms with van der Waals surface area (Å²) in [5.41, 5.74) is 12.2. The number of nitrogens with zero attached hydrogens (tertiary/aromatic N) is 3. The molecule has 2 aromatic rings. The predicted octanol–water partition coefficient (Wildman–Crippen LogP) is 1.62. The molecule has 0 atom stereocenters. The Labute approximate surface area is 125 Å². The van der Waals surface area contributed by atoms with Crippen molar-refractivity contribution >= 4 is 34.7 Å². The molecule has 22 heavy (non-hydrogen) atoms. The Balaban J connectivity index is 2.31. The summed E-state index contributed by atoms with van der Waals surface area (Å²) in [5.74, 6) is -0.351. The van der Waals surface area contributed by atoms with Gasteiger partial charge in [0.25, 0.3) is 5.56 Å². The average Bonchev–Trinajstić information content (AvgIpc) is 2.38. The number of H-pyrrole nitrogens is 1. The fraction of sp³-hybridized carbons (Fsp3) is 0.154. The monoisotopic (exact) mass is 301 g/mol. The zero-order valence-corrected chi connectivity index (χ0v) is 12.0. The molecule has 0 aliphatic carbocycles. The van der Waals surface area contributed by atoms with Gasteiger partial charge in [-0.2, -0.15) is 4.98 Å². The van der Waals surface area contributed by atoms with Crippen molar-refractivity contribution in [1.82, 2.24) is 9.97 Å². The number of carbonyl (C=O) groups excluding carboxylic acids is 1. The molecule has 0 bridgehead atoms. The van der Waals surface area contributed by atoms with Crippen LogP contribution in [0.4, 0.5) is 28.8 Å². The van der Waals surface area contributed by atoms with Gasteiger partial charge in [0.2, 0.25) is 11.9 Å². The summed E-state index contributed by atoms with van der Waals surface area (Å²) in [6.07, 6.45) is 0. The number of nitrogen functional groups attached to an aromatic ring is 2. The highest BCUT2D eigenvalue weighted by Gasteiger charge is 2.07. The SMILES string of the molecule is CC(=O)Nc1ccc(N=Nc2c(N)nc(N)[nH]c2=O)c(C)c1. The molecule has 0 saturated heterocycles. The second-order valence-electron chi connectivity index (χ2n) is 4.57. The second-order valence-corrected chi connectivity index (χ2v) is 4.57. The van der Waals surface area contributed by atoms with Crippen LogP contribution >= 0.6 is 0 Å². The number of aromatic amines is 1. The first-order valence-corrected chi connectivity index (χ1v) is 6.32. The number of nitrogens with two attached hydrogens (primary N) is 2. The molecule has 1 heterocycles. The Hall–Kier alpha value is -3.23. The normalized spacial score (nSPS) is 10.8. The van der Waals surface area contributed by atoms with Gasteiger partial charge in [-0.25, -0.2) is 0 Å². The summed E-state index contributed by atoms with van der Waals surface area (Å²) >= 11 is 0. The van der Waals surface area contributed by atoms with E-state index in [-0.39, 0.29) is 23.4 Å². The lowest BCUT2D eigenvalue weighted by Crippen LogP contribution is -2.12. The molecule has 2 rings (SSSR count). The molecule has 0 radical (unpaired) electrons. The van der Waals surface area contributed by atoms with Crippen LogP contribution in [0.2, 0.25) is 0 Å². The van der Waals surface area contributed by atoms with Gasteiger partial charge in [-0.05, 0) is 30.7 Å². The zero-order chi connectivity index (χ0) is 16.3. The first-order valence-electron chi connectivity index (χ1n) is 6.32. The Morgan fingerprint density at radius 1 is 1.32 bits per heavy atom. The molecule has 1 aromatic carbocycles. The standard InChI is InChI=1S/C13H15N7O2/c1-6-5-8(16-7(2)21)3-4-9(6)19-20-10-11(14)17-13(15)18-12(10)22/h3-5H,1-2H3,(H,16,21)(H5,14,15,17,18,22). The van der Waals surface area contributed by atoms with Crippen LogP contribution in [-0.2, 0) is 4.79 Å². The molecule has 1 aromatic heterocycles. The molecule has 114 valence electrons. The van der Waals surface area contributed by atoms with Crippen molar-refractivity contribution in [3.05, 3.63) is 34.1 Å². The van der Waals surface area contributed by atoms with Gasteiger partial charge >= 0.3 is 0 Å². The number of nitrogens with one attached hydrogen (secondary N) is 2. The largest absolute Gasteiger partial charge is 0.382 e. The van der Waals surface area contributed by atoms with Gasteiger partial charge in [0.05, 0.1) is 5.69 Å². The highest BCUT2D eigenvalue weighted by Crippen LogP contribution is 2.25. The minimum atomic E-state index is -0.568. The molecular weight excluding hydrogens is 286 g/mol. The van der Waals surface area contributed by atoms with Crippen molar-refractivity contribution in [2.45, 2.75) is 13.8 Å². The highest BCUT2D eigenvalue weighted by atomic mass is 16.1. The van der Waals surface area contributed by atoms with Crippen molar-refractivity contribution in [3.8, 4) is 0 Å². The van der Waals surface area contributed by atoms with Gasteiger partial charge in [-0.15, -0.1) is 10.2 Å². The molecule has 0 unspecified atom stereocenters. The molecule has 1 amide bonds. The molecular formula is C13H15N7O2. The lowest BCUT2D eigenvalue weighted by molar-refractivity contribution is -0.114. The molecule has 0 fully saturated rings. The number of hydrogen-bond acceptors (Lipinski definition) is 7. The van der Waals surface area contributed by atoms with Crippen LogP contribution in [0.15, 0.2) is 33.2 Å². The van der Waals surface area contributed by atoms with Gasteiger partial charge in [0, 0.05) is 12.6 Å². The maximum Gasteiger partial charge on any atom is 0.282 e. The summed E-state index contributed by atoms with van der Waals surface area (Å²) in [6, 6.07) is 5.08. The molecule has 9 nitrogen and oxygen atoms in total. The average molecular weight is 301 g/mol. The highest BCUT2D eigenvalue weighted by molar-refractivity contribution is 5.89. The van der Waals surface area contributed by atoms with Crippen LogP contribution in [0.3, 0.4) is 0 Å². The third kappa shape index (κ3) is 3.45. The van der Waals surface area contributed by atoms with Crippen LogP contribution in [0.5, 0.6) is 0 Å². The fourth-order valence-corrected chi connectivity index (χ4v) is 1.75. The van der Waals surface area contributed by atoms with Crippen LogP contribution < -0.4 is 22.3 Å². The molecule has 0 aliphatic heterocycles. The summed E-state index contributed by atoms with van der Waals surface area (Å²) < 4.78 is 0. The first-order chi connectivity index (χ1) is 10.4. The maximum absolute atomic E-state index is 11.7. The quantitative estimate of drug-likeness (QED) is 0.635. The summed E-state index contributed by atoms with van der Waals surface area (Å²) in [5, 5.41) is 10.5. The van der Waals surface area contributed by atoms with Crippen molar-refractivity contribution < 1.29 is 4.79 Å². The third-order valence-electron chi connectivity index (χ3n) is 2.72. The van der Waals surface area contributed by atoms with Crippen LogP contribution in [0.1, 0.15) is 12.5 Å². The lowest BCUT2D eigenvalue weighted by atomic mass is 10.2. The molecule has 0 aliphatic rings. The molecule has 9 heteroatoms. The van der Waals surface area contributed by atoms with Crippen LogP contribution in [0.25, 0.3) is 0 Å². The Morgan fingerprint density at radius 3 is 2.64 bits per heavy atom. The number of anilines is 3. The Morgan fingerprint density at radius 2 is 2.05 bits per heavy atom. The van der Waals surface area contributed by atoms with E-state index in [2.05, 4.69) is 25.5 Å². The van der Waals surface area contributed by atoms with Gasteiger partial charge < -0.3 is 16.8 Å². The number of azo groups is 1. The van der Waals surface area contributed by atoms with E-state index in [9.17, 15) is 9.59 Å². The smallest absolute Gasteiger partial charge is 0.282 e. The summed E-state index contributed by atoms with van der Waals surface area (Å²) in [4.78, 5) is 28.7. The zero-order valence-electron chi connectivity index (χ0n) is 12.0. The number of hydrogen-bond donors (Lipinski definition) is 4. The second kappa shape index (κ2) is 6.04. The van der Waals surface area contributed by atoms with E-state index in [4.69, 9.17) is 11.5 Å². The minimum absolute atomic E-state index is 0.0858. The topological polar surface area (TPSA) is 152 Å². The third-order valence-corrected chi connectivity index (χ3v) is 2.72. The molecule has 6 N–H and O–H groups in total. The van der Waals surface area contributed by atoms with Crippen LogP contribution in [0, 0.1) is 6.92 Å². The van der Waals surface area contributed by atoms with E-state index < -0.39 is 5.56 Å². The van der Waals surface area contributed by atoms with E-state index in [1.54, 1.807) is 25.1 Å². The minimum Gasteiger partial charge on any atom is -0.382 e. The first kappa shape index (κ1) is 15.2. The number of rotatable bonds is 3. The maximum atomic E-state index is 11.7. The van der Waals surface area contributed by atoms with Gasteiger partial charge in [0.1, 0.15) is 0 Å². The summed E-state index contributed by atoms with van der Waals surface area (Å²) in [6.45, 7) is 3.22.